The number of carboxylic acids is 1. The SMILES string of the molecule is CCc1ccc(-c2c(C)n(CC)c(-c3ccc(Cl)c(Cl)c3)c(C(=O)O)c2=O)cc1. The van der Waals surface area contributed by atoms with Crippen molar-refractivity contribution in [3.8, 4) is 22.4 Å². The van der Waals surface area contributed by atoms with Gasteiger partial charge in [-0.05, 0) is 43.5 Å². The van der Waals surface area contributed by atoms with Crippen LogP contribution in [0.5, 0.6) is 0 Å². The molecule has 0 aliphatic heterocycles. The number of aromatic carboxylic acids is 1. The number of nitrogens with zero attached hydrogens (tertiary/aromatic N) is 1. The summed E-state index contributed by atoms with van der Waals surface area (Å²) in [7, 11) is 0. The Labute approximate surface area is 179 Å². The van der Waals surface area contributed by atoms with E-state index >= 15 is 0 Å². The molecule has 0 aliphatic carbocycles. The largest absolute Gasteiger partial charge is 0.477 e. The zero-order valence-electron chi connectivity index (χ0n) is 16.4. The van der Waals surface area contributed by atoms with Gasteiger partial charge in [-0.25, -0.2) is 4.79 Å². The Morgan fingerprint density at radius 3 is 2.14 bits per heavy atom. The second-order valence-corrected chi connectivity index (χ2v) is 7.56. The second-order valence-electron chi connectivity index (χ2n) is 6.74. The number of hydrogen-bond acceptors (Lipinski definition) is 2. The predicted octanol–water partition coefficient (Wildman–Crippen LogP) is 6.08. The summed E-state index contributed by atoms with van der Waals surface area (Å²) in [6.07, 6.45) is 0.884. The van der Waals surface area contributed by atoms with Crippen LogP contribution < -0.4 is 5.43 Å². The fraction of sp³-hybridized carbons (Fsp3) is 0.217. The Bertz CT molecular complexity index is 1150. The van der Waals surface area contributed by atoms with Crippen molar-refractivity contribution in [2.75, 3.05) is 0 Å². The van der Waals surface area contributed by atoms with E-state index in [-0.39, 0.29) is 5.56 Å². The fourth-order valence-corrected chi connectivity index (χ4v) is 3.92. The highest BCUT2D eigenvalue weighted by molar-refractivity contribution is 6.42. The molecule has 0 amide bonds. The number of benzene rings is 2. The van der Waals surface area contributed by atoms with Crippen LogP contribution in [-0.4, -0.2) is 15.6 Å². The van der Waals surface area contributed by atoms with Gasteiger partial charge in [-0.15, -0.1) is 0 Å². The summed E-state index contributed by atoms with van der Waals surface area (Å²) in [4.78, 5) is 25.5. The molecule has 1 aromatic heterocycles. The lowest BCUT2D eigenvalue weighted by molar-refractivity contribution is 0.0695. The van der Waals surface area contributed by atoms with Crippen LogP contribution in [0.1, 0.15) is 35.5 Å². The summed E-state index contributed by atoms with van der Waals surface area (Å²) in [5.74, 6) is -1.27. The van der Waals surface area contributed by atoms with E-state index in [9.17, 15) is 14.7 Å². The first-order chi connectivity index (χ1) is 13.8. The molecule has 0 fully saturated rings. The number of aromatic nitrogens is 1. The van der Waals surface area contributed by atoms with E-state index in [1.807, 2.05) is 42.7 Å². The monoisotopic (exact) mass is 429 g/mol. The van der Waals surface area contributed by atoms with E-state index in [0.717, 1.165) is 12.0 Å². The zero-order chi connectivity index (χ0) is 21.3. The van der Waals surface area contributed by atoms with Crippen molar-refractivity contribution < 1.29 is 9.90 Å². The van der Waals surface area contributed by atoms with Crippen LogP contribution in [-0.2, 0) is 13.0 Å². The number of pyridine rings is 1. The van der Waals surface area contributed by atoms with Crippen LogP contribution in [0.4, 0.5) is 0 Å². The lowest BCUT2D eigenvalue weighted by atomic mass is 9.95. The molecule has 150 valence electrons. The van der Waals surface area contributed by atoms with Crippen LogP contribution >= 0.6 is 23.2 Å². The highest BCUT2D eigenvalue weighted by atomic mass is 35.5. The van der Waals surface area contributed by atoms with Gasteiger partial charge >= 0.3 is 5.97 Å². The van der Waals surface area contributed by atoms with Crippen molar-refractivity contribution >= 4 is 29.2 Å². The quantitative estimate of drug-likeness (QED) is 0.534. The Kier molecular flexibility index (Phi) is 6.15. The first kappa shape index (κ1) is 21.2. The molecule has 3 aromatic rings. The van der Waals surface area contributed by atoms with Crippen molar-refractivity contribution in [3.63, 3.8) is 0 Å². The molecule has 0 radical (unpaired) electrons. The highest BCUT2D eigenvalue weighted by Gasteiger charge is 2.25. The van der Waals surface area contributed by atoms with Crippen molar-refractivity contribution in [1.29, 1.82) is 0 Å². The molecular formula is C23H21Cl2NO3. The minimum absolute atomic E-state index is 0.273. The third-order valence-corrected chi connectivity index (χ3v) is 5.84. The molecule has 1 heterocycles. The summed E-state index contributed by atoms with van der Waals surface area (Å²) in [5, 5.41) is 10.6. The topological polar surface area (TPSA) is 59.3 Å². The van der Waals surface area contributed by atoms with E-state index in [2.05, 4.69) is 6.92 Å². The highest BCUT2D eigenvalue weighted by Crippen LogP contribution is 2.33. The van der Waals surface area contributed by atoms with Crippen LogP contribution in [0.15, 0.2) is 47.3 Å². The number of carboxylic acid groups (broad SMARTS) is 1. The van der Waals surface area contributed by atoms with Crippen molar-refractivity contribution in [3.05, 3.63) is 79.6 Å². The first-order valence-corrected chi connectivity index (χ1v) is 10.1. The Hall–Kier alpha value is -2.56. The predicted molar refractivity (Wildman–Crippen MR) is 118 cm³/mol. The van der Waals surface area contributed by atoms with E-state index in [1.165, 1.54) is 0 Å². The minimum atomic E-state index is -1.27. The third-order valence-electron chi connectivity index (χ3n) is 5.10. The fourth-order valence-electron chi connectivity index (χ4n) is 3.62. The molecule has 6 heteroatoms. The number of hydrogen-bond donors (Lipinski definition) is 1. The average Bonchev–Trinajstić information content (AvgIpc) is 2.70. The number of aryl methyl sites for hydroxylation is 1. The molecule has 0 spiro atoms. The van der Waals surface area contributed by atoms with Gasteiger partial charge in [-0.3, -0.25) is 4.79 Å². The van der Waals surface area contributed by atoms with Crippen molar-refractivity contribution in [2.24, 2.45) is 0 Å². The maximum absolute atomic E-state index is 13.3. The van der Waals surface area contributed by atoms with Crippen LogP contribution in [0, 0.1) is 6.92 Å². The molecule has 0 saturated heterocycles. The Morgan fingerprint density at radius 1 is 1.00 bits per heavy atom. The summed E-state index contributed by atoms with van der Waals surface area (Å²) in [6.45, 7) is 6.29. The van der Waals surface area contributed by atoms with E-state index in [0.29, 0.717) is 44.7 Å². The molecule has 0 atom stereocenters. The standard InChI is InChI=1S/C23H21Cl2NO3/c1-4-14-6-8-15(9-7-14)19-13(3)26(5-2)21(20(22(19)27)23(28)29)16-10-11-17(24)18(25)12-16/h6-12H,4-5H2,1-3H3,(H,28,29). The number of halogens is 2. The molecular weight excluding hydrogens is 409 g/mol. The van der Waals surface area contributed by atoms with Crippen molar-refractivity contribution in [2.45, 2.75) is 33.7 Å². The van der Waals surface area contributed by atoms with E-state index in [4.69, 9.17) is 23.2 Å². The maximum Gasteiger partial charge on any atom is 0.341 e. The van der Waals surface area contributed by atoms with Gasteiger partial charge in [0, 0.05) is 23.4 Å². The van der Waals surface area contributed by atoms with Gasteiger partial charge in [0.25, 0.3) is 0 Å². The van der Waals surface area contributed by atoms with Crippen LogP contribution in [0.25, 0.3) is 22.4 Å². The van der Waals surface area contributed by atoms with Gasteiger partial charge in [0.1, 0.15) is 5.56 Å². The molecule has 2 aromatic carbocycles. The summed E-state index contributed by atoms with van der Waals surface area (Å²) < 4.78 is 1.84. The molecule has 0 saturated carbocycles. The van der Waals surface area contributed by atoms with Crippen molar-refractivity contribution in [1.82, 2.24) is 4.57 Å². The maximum atomic E-state index is 13.3. The second kappa shape index (κ2) is 8.44. The summed E-state index contributed by atoms with van der Waals surface area (Å²) in [5.41, 5.74) is 3.03. The van der Waals surface area contributed by atoms with E-state index < -0.39 is 11.4 Å². The zero-order valence-corrected chi connectivity index (χ0v) is 17.9. The number of carbonyl (C=O) groups is 1. The van der Waals surface area contributed by atoms with E-state index in [1.54, 1.807) is 18.2 Å². The molecule has 4 nitrogen and oxygen atoms in total. The summed E-state index contributed by atoms with van der Waals surface area (Å²) >= 11 is 12.2. The van der Waals surface area contributed by atoms with Gasteiger partial charge in [0.15, 0.2) is 0 Å². The minimum Gasteiger partial charge on any atom is -0.477 e. The number of rotatable bonds is 5. The van der Waals surface area contributed by atoms with Crippen LogP contribution in [0.3, 0.4) is 0 Å². The first-order valence-electron chi connectivity index (χ1n) is 9.35. The lowest BCUT2D eigenvalue weighted by Crippen LogP contribution is -2.25. The molecule has 1 N–H and O–H groups in total. The molecule has 29 heavy (non-hydrogen) atoms. The third kappa shape index (κ3) is 3.83. The van der Waals surface area contributed by atoms with Gasteiger partial charge in [0.05, 0.1) is 15.7 Å². The lowest BCUT2D eigenvalue weighted by Gasteiger charge is -2.21. The summed E-state index contributed by atoms with van der Waals surface area (Å²) in [6, 6.07) is 12.5. The normalized spacial score (nSPS) is 10.9. The Balaban J connectivity index is 2.40. The molecule has 0 unspecified atom stereocenters. The van der Waals surface area contributed by atoms with Gasteiger partial charge in [-0.2, -0.15) is 0 Å². The smallest absolute Gasteiger partial charge is 0.341 e. The molecule has 0 aliphatic rings. The Morgan fingerprint density at radius 2 is 1.62 bits per heavy atom. The van der Waals surface area contributed by atoms with Gasteiger partial charge < -0.3 is 9.67 Å². The molecule has 0 bridgehead atoms. The average molecular weight is 430 g/mol. The van der Waals surface area contributed by atoms with Crippen LogP contribution in [0.2, 0.25) is 10.0 Å². The van der Waals surface area contributed by atoms with Gasteiger partial charge in [-0.1, -0.05) is 60.5 Å². The molecule has 3 rings (SSSR count). The van der Waals surface area contributed by atoms with Gasteiger partial charge in [0.2, 0.25) is 5.43 Å².